The third-order valence-corrected chi connectivity index (χ3v) is 5.05. The number of rotatable bonds is 2. The van der Waals surface area contributed by atoms with Crippen LogP contribution in [0, 0.1) is 0 Å². The first kappa shape index (κ1) is 11.7. The van der Waals surface area contributed by atoms with Gasteiger partial charge in [0, 0.05) is 30.4 Å². The van der Waals surface area contributed by atoms with Crippen molar-refractivity contribution >= 4 is 11.8 Å². The van der Waals surface area contributed by atoms with Crippen molar-refractivity contribution in [3.8, 4) is 0 Å². The van der Waals surface area contributed by atoms with Crippen LogP contribution in [0.4, 0.5) is 0 Å². The van der Waals surface area contributed by atoms with Crippen molar-refractivity contribution < 1.29 is 0 Å². The molecule has 3 atom stereocenters. The number of nitrogens with one attached hydrogen (secondary N) is 1. The van der Waals surface area contributed by atoms with Gasteiger partial charge in [-0.25, -0.2) is 0 Å². The topological polar surface area (TPSA) is 15.3 Å². The molecule has 1 N–H and O–H groups in total. The molecule has 2 fully saturated rings. The van der Waals surface area contributed by atoms with Gasteiger partial charge in [-0.05, 0) is 32.6 Å². The van der Waals surface area contributed by atoms with E-state index in [-0.39, 0.29) is 0 Å². The molecule has 2 saturated heterocycles. The number of hydrogen-bond acceptors (Lipinski definition) is 3. The zero-order valence-electron chi connectivity index (χ0n) is 10.0. The van der Waals surface area contributed by atoms with Gasteiger partial charge >= 0.3 is 0 Å². The minimum Gasteiger partial charge on any atom is -0.314 e. The monoisotopic (exact) mass is 228 g/mol. The molecule has 3 heteroatoms. The molecule has 0 aromatic carbocycles. The van der Waals surface area contributed by atoms with Crippen LogP contribution in [-0.4, -0.2) is 48.1 Å². The van der Waals surface area contributed by atoms with Crippen molar-refractivity contribution in [1.82, 2.24) is 10.2 Å². The lowest BCUT2D eigenvalue weighted by Crippen LogP contribution is -2.46. The van der Waals surface area contributed by atoms with Crippen LogP contribution in [0.1, 0.15) is 32.6 Å². The van der Waals surface area contributed by atoms with Gasteiger partial charge in [0.25, 0.3) is 0 Å². The highest BCUT2D eigenvalue weighted by Gasteiger charge is 2.33. The lowest BCUT2D eigenvalue weighted by molar-refractivity contribution is 0.160. The molecule has 2 aliphatic rings. The zero-order valence-corrected chi connectivity index (χ0v) is 10.9. The van der Waals surface area contributed by atoms with Crippen molar-refractivity contribution in [2.75, 3.05) is 25.9 Å². The smallest absolute Gasteiger partial charge is 0.0354 e. The Balaban J connectivity index is 1.99. The van der Waals surface area contributed by atoms with Crippen LogP contribution >= 0.6 is 11.8 Å². The summed E-state index contributed by atoms with van der Waals surface area (Å²) < 4.78 is 0. The molecule has 0 saturated carbocycles. The normalized spacial score (nSPS) is 39.2. The van der Waals surface area contributed by atoms with Crippen molar-refractivity contribution in [3.05, 3.63) is 0 Å². The Hall–Kier alpha value is 0.270. The quantitative estimate of drug-likeness (QED) is 0.778. The van der Waals surface area contributed by atoms with Gasteiger partial charge in [0.15, 0.2) is 0 Å². The van der Waals surface area contributed by atoms with Gasteiger partial charge in [0.1, 0.15) is 0 Å². The van der Waals surface area contributed by atoms with Crippen LogP contribution in [0.3, 0.4) is 0 Å². The van der Waals surface area contributed by atoms with Crippen molar-refractivity contribution in [2.45, 2.75) is 49.9 Å². The average Bonchev–Trinajstić information content (AvgIpc) is 2.61. The van der Waals surface area contributed by atoms with E-state index in [4.69, 9.17) is 0 Å². The Morgan fingerprint density at radius 2 is 2.07 bits per heavy atom. The van der Waals surface area contributed by atoms with Crippen LogP contribution in [0.15, 0.2) is 0 Å². The minimum absolute atomic E-state index is 0.785. The standard InChI is InChI=1S/C12H24N2S/c1-10-6-4-3-5-7-14(10)11-8-13-9-12(11)15-2/h10-13H,3-9H2,1-2H3. The fraction of sp³-hybridized carbons (Fsp3) is 1.00. The second-order valence-corrected chi connectivity index (χ2v) is 6.01. The van der Waals surface area contributed by atoms with Crippen LogP contribution in [0.5, 0.6) is 0 Å². The largest absolute Gasteiger partial charge is 0.314 e. The highest BCUT2D eigenvalue weighted by molar-refractivity contribution is 7.99. The van der Waals surface area contributed by atoms with E-state index < -0.39 is 0 Å². The molecule has 0 radical (unpaired) electrons. The van der Waals surface area contributed by atoms with E-state index in [0.717, 1.165) is 17.3 Å². The second kappa shape index (κ2) is 5.55. The summed E-state index contributed by atoms with van der Waals surface area (Å²) in [5, 5.41) is 4.36. The molecule has 0 aliphatic carbocycles. The maximum Gasteiger partial charge on any atom is 0.0354 e. The molecule has 0 amide bonds. The van der Waals surface area contributed by atoms with Crippen LogP contribution < -0.4 is 5.32 Å². The summed E-state index contributed by atoms with van der Waals surface area (Å²) >= 11 is 2.04. The Morgan fingerprint density at radius 3 is 2.87 bits per heavy atom. The van der Waals surface area contributed by atoms with E-state index in [1.807, 2.05) is 11.8 Å². The molecule has 0 aromatic heterocycles. The first-order valence-electron chi connectivity index (χ1n) is 6.32. The van der Waals surface area contributed by atoms with Gasteiger partial charge in [-0.3, -0.25) is 4.90 Å². The maximum absolute atomic E-state index is 3.55. The van der Waals surface area contributed by atoms with Gasteiger partial charge in [-0.2, -0.15) is 11.8 Å². The van der Waals surface area contributed by atoms with Gasteiger partial charge in [0.05, 0.1) is 0 Å². The molecular formula is C12H24N2S. The summed E-state index contributed by atoms with van der Waals surface area (Å²) in [4.78, 5) is 2.77. The third-order valence-electron chi connectivity index (χ3n) is 3.96. The molecule has 2 nitrogen and oxygen atoms in total. The van der Waals surface area contributed by atoms with Gasteiger partial charge in [-0.15, -0.1) is 0 Å². The number of thioether (sulfide) groups is 1. The summed E-state index contributed by atoms with van der Waals surface area (Å²) in [6.07, 6.45) is 7.93. The van der Waals surface area contributed by atoms with Crippen molar-refractivity contribution in [2.24, 2.45) is 0 Å². The van der Waals surface area contributed by atoms with Gasteiger partial charge in [0.2, 0.25) is 0 Å². The highest BCUT2D eigenvalue weighted by Crippen LogP contribution is 2.26. The molecule has 2 rings (SSSR count). The first-order valence-corrected chi connectivity index (χ1v) is 7.61. The van der Waals surface area contributed by atoms with E-state index in [0.29, 0.717) is 0 Å². The molecule has 15 heavy (non-hydrogen) atoms. The fourth-order valence-corrected chi connectivity index (χ4v) is 3.85. The summed E-state index contributed by atoms with van der Waals surface area (Å²) in [7, 11) is 0. The highest BCUT2D eigenvalue weighted by atomic mass is 32.2. The van der Waals surface area contributed by atoms with Gasteiger partial charge in [-0.1, -0.05) is 12.8 Å². The minimum atomic E-state index is 0.785. The second-order valence-electron chi connectivity index (χ2n) is 4.94. The summed E-state index contributed by atoms with van der Waals surface area (Å²) in [5.41, 5.74) is 0. The van der Waals surface area contributed by atoms with E-state index in [2.05, 4.69) is 23.4 Å². The predicted molar refractivity (Wildman–Crippen MR) is 68.6 cm³/mol. The maximum atomic E-state index is 3.55. The van der Waals surface area contributed by atoms with Crippen LogP contribution in [0.25, 0.3) is 0 Å². The van der Waals surface area contributed by atoms with E-state index in [1.54, 1.807) is 0 Å². The molecule has 2 heterocycles. The Bertz CT molecular complexity index is 198. The molecule has 0 bridgehead atoms. The van der Waals surface area contributed by atoms with E-state index >= 15 is 0 Å². The van der Waals surface area contributed by atoms with Gasteiger partial charge < -0.3 is 5.32 Å². The molecule has 3 unspecified atom stereocenters. The molecule has 88 valence electrons. The number of likely N-dealkylation sites (tertiary alicyclic amines) is 1. The third kappa shape index (κ3) is 2.69. The molecule has 0 spiro atoms. The Labute approximate surface area is 98.2 Å². The fourth-order valence-electron chi connectivity index (χ4n) is 3.00. The zero-order chi connectivity index (χ0) is 10.7. The SMILES string of the molecule is CSC1CNCC1N1CCCCCC1C. The summed E-state index contributed by atoms with van der Waals surface area (Å²) in [6.45, 7) is 6.15. The first-order chi connectivity index (χ1) is 7.33. The van der Waals surface area contributed by atoms with Crippen molar-refractivity contribution in [3.63, 3.8) is 0 Å². The van der Waals surface area contributed by atoms with Crippen LogP contribution in [0.2, 0.25) is 0 Å². The summed E-state index contributed by atoms with van der Waals surface area (Å²) in [5.74, 6) is 0. The lowest BCUT2D eigenvalue weighted by Gasteiger charge is -2.35. The molecule has 0 aromatic rings. The van der Waals surface area contributed by atoms with Crippen molar-refractivity contribution in [1.29, 1.82) is 0 Å². The lowest BCUT2D eigenvalue weighted by atomic mass is 10.1. The Kier molecular flexibility index (Phi) is 4.35. The molecular weight excluding hydrogens is 204 g/mol. The average molecular weight is 228 g/mol. The number of nitrogens with zero attached hydrogens (tertiary/aromatic N) is 1. The predicted octanol–water partition coefficient (Wildman–Crippen LogP) is 1.95. The number of hydrogen-bond donors (Lipinski definition) is 1. The van der Waals surface area contributed by atoms with E-state index in [9.17, 15) is 0 Å². The van der Waals surface area contributed by atoms with Crippen LogP contribution in [-0.2, 0) is 0 Å². The van der Waals surface area contributed by atoms with E-state index in [1.165, 1.54) is 45.3 Å². The molecule has 2 aliphatic heterocycles. The Morgan fingerprint density at radius 1 is 1.20 bits per heavy atom. The summed E-state index contributed by atoms with van der Waals surface area (Å²) in [6, 6.07) is 1.58.